The van der Waals surface area contributed by atoms with E-state index in [1.807, 2.05) is 11.3 Å². The van der Waals surface area contributed by atoms with Gasteiger partial charge < -0.3 is 5.32 Å². The Bertz CT molecular complexity index is 495. The monoisotopic (exact) mass is 286 g/mol. The SMILES string of the molecule is c1ccc(CC2CNCCN2CCc2cccs2)cc1. The number of nitrogens with zero attached hydrogens (tertiary/aromatic N) is 1. The molecule has 1 aromatic heterocycles. The summed E-state index contributed by atoms with van der Waals surface area (Å²) in [7, 11) is 0. The van der Waals surface area contributed by atoms with Crippen LogP contribution in [0, 0.1) is 0 Å². The van der Waals surface area contributed by atoms with Gasteiger partial charge in [-0.2, -0.15) is 0 Å². The molecule has 1 fully saturated rings. The van der Waals surface area contributed by atoms with Crippen molar-refractivity contribution in [3.63, 3.8) is 0 Å². The van der Waals surface area contributed by atoms with E-state index >= 15 is 0 Å². The fraction of sp³-hybridized carbons (Fsp3) is 0.412. The molecule has 0 radical (unpaired) electrons. The van der Waals surface area contributed by atoms with Crippen LogP contribution in [0.15, 0.2) is 47.8 Å². The van der Waals surface area contributed by atoms with Gasteiger partial charge in [0.05, 0.1) is 0 Å². The van der Waals surface area contributed by atoms with Crippen molar-refractivity contribution < 1.29 is 0 Å². The normalized spacial score (nSPS) is 20.1. The molecule has 1 aliphatic rings. The first-order valence-electron chi connectivity index (χ1n) is 7.43. The predicted octanol–water partition coefficient (Wildman–Crippen LogP) is 2.81. The van der Waals surface area contributed by atoms with E-state index in [2.05, 4.69) is 58.1 Å². The molecule has 3 rings (SSSR count). The van der Waals surface area contributed by atoms with E-state index in [0.717, 1.165) is 19.5 Å². The van der Waals surface area contributed by atoms with Crippen molar-refractivity contribution in [1.29, 1.82) is 0 Å². The molecule has 2 nitrogen and oxygen atoms in total. The molecule has 3 heteroatoms. The third-order valence-corrected chi connectivity index (χ3v) is 4.95. The lowest BCUT2D eigenvalue weighted by Gasteiger charge is -2.36. The van der Waals surface area contributed by atoms with Gasteiger partial charge in [-0.15, -0.1) is 11.3 Å². The predicted molar refractivity (Wildman–Crippen MR) is 86.4 cm³/mol. The van der Waals surface area contributed by atoms with Crippen molar-refractivity contribution in [2.24, 2.45) is 0 Å². The first kappa shape index (κ1) is 13.8. The Balaban J connectivity index is 1.59. The molecule has 1 saturated heterocycles. The number of rotatable bonds is 5. The average molecular weight is 286 g/mol. The van der Waals surface area contributed by atoms with Crippen molar-refractivity contribution in [2.75, 3.05) is 26.2 Å². The summed E-state index contributed by atoms with van der Waals surface area (Å²) in [4.78, 5) is 4.16. The van der Waals surface area contributed by atoms with Crippen molar-refractivity contribution in [3.8, 4) is 0 Å². The molecule has 1 aromatic carbocycles. The van der Waals surface area contributed by atoms with Crippen LogP contribution in [0.25, 0.3) is 0 Å². The molecule has 0 spiro atoms. The van der Waals surface area contributed by atoms with E-state index < -0.39 is 0 Å². The van der Waals surface area contributed by atoms with Gasteiger partial charge in [0.2, 0.25) is 0 Å². The third-order valence-electron chi connectivity index (χ3n) is 4.01. The first-order valence-corrected chi connectivity index (χ1v) is 8.31. The van der Waals surface area contributed by atoms with Crippen LogP contribution in [0.2, 0.25) is 0 Å². The van der Waals surface area contributed by atoms with E-state index in [1.54, 1.807) is 0 Å². The van der Waals surface area contributed by atoms with E-state index in [1.165, 1.54) is 30.0 Å². The maximum Gasteiger partial charge on any atom is 0.0261 e. The third kappa shape index (κ3) is 3.69. The molecular formula is C17H22N2S. The summed E-state index contributed by atoms with van der Waals surface area (Å²) in [6.07, 6.45) is 2.33. The highest BCUT2D eigenvalue weighted by molar-refractivity contribution is 7.09. The molecule has 1 atom stereocenters. The molecule has 0 amide bonds. The Morgan fingerprint density at radius 1 is 1.15 bits per heavy atom. The lowest BCUT2D eigenvalue weighted by Crippen LogP contribution is -2.52. The molecule has 2 aromatic rings. The molecule has 1 N–H and O–H groups in total. The van der Waals surface area contributed by atoms with E-state index in [9.17, 15) is 0 Å². The average Bonchev–Trinajstić information content (AvgIpc) is 3.01. The molecule has 20 heavy (non-hydrogen) atoms. The molecular weight excluding hydrogens is 264 g/mol. The molecule has 0 aliphatic carbocycles. The zero-order chi connectivity index (χ0) is 13.6. The molecule has 0 saturated carbocycles. The molecule has 1 aliphatic heterocycles. The Labute approximate surface area is 125 Å². The highest BCUT2D eigenvalue weighted by Gasteiger charge is 2.21. The molecule has 106 valence electrons. The smallest absolute Gasteiger partial charge is 0.0261 e. The second kappa shape index (κ2) is 7.02. The topological polar surface area (TPSA) is 15.3 Å². The van der Waals surface area contributed by atoms with Crippen LogP contribution in [-0.4, -0.2) is 37.1 Å². The van der Waals surface area contributed by atoms with Crippen molar-refractivity contribution >= 4 is 11.3 Å². The fourth-order valence-corrected chi connectivity index (χ4v) is 3.59. The van der Waals surface area contributed by atoms with Crippen LogP contribution >= 0.6 is 11.3 Å². The minimum Gasteiger partial charge on any atom is -0.314 e. The maximum absolute atomic E-state index is 3.54. The Morgan fingerprint density at radius 3 is 2.85 bits per heavy atom. The van der Waals surface area contributed by atoms with Crippen molar-refractivity contribution in [3.05, 3.63) is 58.3 Å². The minimum absolute atomic E-state index is 0.631. The quantitative estimate of drug-likeness (QED) is 0.909. The van der Waals surface area contributed by atoms with Gasteiger partial charge in [-0.05, 0) is 29.9 Å². The number of benzene rings is 1. The van der Waals surface area contributed by atoms with Gasteiger partial charge in [0.25, 0.3) is 0 Å². The van der Waals surface area contributed by atoms with Crippen LogP contribution in [0.3, 0.4) is 0 Å². The Morgan fingerprint density at radius 2 is 2.05 bits per heavy atom. The summed E-state index contributed by atoms with van der Waals surface area (Å²) in [5.41, 5.74) is 1.45. The lowest BCUT2D eigenvalue weighted by atomic mass is 10.0. The summed E-state index contributed by atoms with van der Waals surface area (Å²) in [6, 6.07) is 15.9. The van der Waals surface area contributed by atoms with Crippen LogP contribution in [0.5, 0.6) is 0 Å². The number of piperazine rings is 1. The standard InChI is InChI=1S/C17H22N2S/c1-2-5-15(6-3-1)13-16-14-18-9-11-19(16)10-8-17-7-4-12-20-17/h1-7,12,16,18H,8-11,13-14H2. The van der Waals surface area contributed by atoms with Crippen LogP contribution in [0.4, 0.5) is 0 Å². The second-order valence-corrected chi connectivity index (χ2v) is 6.45. The lowest BCUT2D eigenvalue weighted by molar-refractivity contribution is 0.162. The first-order chi connectivity index (χ1) is 9.92. The Kier molecular flexibility index (Phi) is 4.85. The molecule has 1 unspecified atom stereocenters. The van der Waals surface area contributed by atoms with Crippen molar-refractivity contribution in [2.45, 2.75) is 18.9 Å². The fourth-order valence-electron chi connectivity index (χ4n) is 2.89. The van der Waals surface area contributed by atoms with Crippen molar-refractivity contribution in [1.82, 2.24) is 10.2 Å². The van der Waals surface area contributed by atoms with Gasteiger partial charge in [-0.3, -0.25) is 4.90 Å². The zero-order valence-corrected chi connectivity index (χ0v) is 12.6. The largest absolute Gasteiger partial charge is 0.314 e. The summed E-state index contributed by atoms with van der Waals surface area (Å²) < 4.78 is 0. The van der Waals surface area contributed by atoms with Gasteiger partial charge in [0, 0.05) is 37.1 Å². The summed E-state index contributed by atoms with van der Waals surface area (Å²) >= 11 is 1.87. The minimum atomic E-state index is 0.631. The van der Waals surface area contributed by atoms with E-state index in [4.69, 9.17) is 0 Å². The highest BCUT2D eigenvalue weighted by Crippen LogP contribution is 2.14. The maximum atomic E-state index is 3.54. The highest BCUT2D eigenvalue weighted by atomic mass is 32.1. The second-order valence-electron chi connectivity index (χ2n) is 5.41. The number of hydrogen-bond donors (Lipinski definition) is 1. The molecule has 0 bridgehead atoms. The summed E-state index contributed by atoms with van der Waals surface area (Å²) in [6.45, 7) is 4.58. The summed E-state index contributed by atoms with van der Waals surface area (Å²) in [5, 5.41) is 5.71. The van der Waals surface area contributed by atoms with Crippen LogP contribution in [0.1, 0.15) is 10.4 Å². The number of hydrogen-bond acceptors (Lipinski definition) is 3. The van der Waals surface area contributed by atoms with Crippen LogP contribution < -0.4 is 5.32 Å². The van der Waals surface area contributed by atoms with Crippen LogP contribution in [-0.2, 0) is 12.8 Å². The molecule has 2 heterocycles. The van der Waals surface area contributed by atoms with Gasteiger partial charge in [-0.1, -0.05) is 36.4 Å². The van der Waals surface area contributed by atoms with E-state index in [-0.39, 0.29) is 0 Å². The number of thiophene rings is 1. The van der Waals surface area contributed by atoms with Gasteiger partial charge in [0.1, 0.15) is 0 Å². The van der Waals surface area contributed by atoms with E-state index in [0.29, 0.717) is 6.04 Å². The Hall–Kier alpha value is -1.16. The van der Waals surface area contributed by atoms with Gasteiger partial charge in [0.15, 0.2) is 0 Å². The number of nitrogens with one attached hydrogen (secondary N) is 1. The summed E-state index contributed by atoms with van der Waals surface area (Å²) in [5.74, 6) is 0. The van der Waals surface area contributed by atoms with Gasteiger partial charge >= 0.3 is 0 Å². The van der Waals surface area contributed by atoms with Gasteiger partial charge in [-0.25, -0.2) is 0 Å². The zero-order valence-electron chi connectivity index (χ0n) is 11.8.